The van der Waals surface area contributed by atoms with Crippen LogP contribution in [0.15, 0.2) is 20.1 Å². The number of halogens is 1. The van der Waals surface area contributed by atoms with Crippen LogP contribution in [0, 0.1) is 0 Å². The summed E-state index contributed by atoms with van der Waals surface area (Å²) in [5, 5.41) is 2.77. The van der Waals surface area contributed by atoms with Gasteiger partial charge in [0.2, 0.25) is 5.91 Å². The Labute approximate surface area is 137 Å². The maximum Gasteiger partial charge on any atom is 0.252 e. The molecule has 21 heavy (non-hydrogen) atoms. The molecule has 0 saturated carbocycles. The highest BCUT2D eigenvalue weighted by Gasteiger charge is 2.31. The van der Waals surface area contributed by atoms with E-state index in [0.29, 0.717) is 23.8 Å². The van der Waals surface area contributed by atoms with E-state index in [2.05, 4.69) is 21.2 Å². The van der Waals surface area contributed by atoms with Gasteiger partial charge in [-0.2, -0.15) is 4.31 Å². The summed E-state index contributed by atoms with van der Waals surface area (Å²) in [4.78, 5) is 12.1. The monoisotopic (exact) mass is 396 g/mol. The highest BCUT2D eigenvalue weighted by molar-refractivity contribution is 9.11. The van der Waals surface area contributed by atoms with E-state index >= 15 is 0 Å². The third kappa shape index (κ3) is 4.49. The number of quaternary nitrogens is 1. The summed E-state index contributed by atoms with van der Waals surface area (Å²) in [6.07, 6.45) is 0. The second-order valence-corrected chi connectivity index (χ2v) is 9.57. The van der Waals surface area contributed by atoms with Crippen molar-refractivity contribution in [1.82, 2.24) is 9.62 Å². The van der Waals surface area contributed by atoms with Gasteiger partial charge in [-0.15, -0.1) is 11.3 Å². The molecule has 1 aromatic heterocycles. The van der Waals surface area contributed by atoms with Crippen LogP contribution in [0.2, 0.25) is 0 Å². The molecule has 118 valence electrons. The molecule has 1 amide bonds. The molecule has 1 fully saturated rings. The third-order valence-corrected chi connectivity index (χ3v) is 7.41. The fraction of sp³-hybridized carbons (Fsp3) is 0.583. The van der Waals surface area contributed by atoms with E-state index < -0.39 is 10.0 Å². The van der Waals surface area contributed by atoms with Gasteiger partial charge in [0.1, 0.15) is 4.21 Å². The number of carbonyl (C=O) groups excluding carboxylic acids is 1. The molecular formula is C12H19BrN3O3S2+. The molecule has 1 saturated heterocycles. The van der Waals surface area contributed by atoms with Crippen molar-refractivity contribution in [3.63, 3.8) is 0 Å². The van der Waals surface area contributed by atoms with Crippen LogP contribution < -0.4 is 10.2 Å². The van der Waals surface area contributed by atoms with Gasteiger partial charge in [0.05, 0.1) is 43.1 Å². The van der Waals surface area contributed by atoms with Crippen LogP contribution in [0.3, 0.4) is 0 Å². The maximum atomic E-state index is 12.5. The summed E-state index contributed by atoms with van der Waals surface area (Å²) in [6.45, 7) is 5.55. The molecular weight excluding hydrogens is 378 g/mol. The summed E-state index contributed by atoms with van der Waals surface area (Å²) in [7, 11) is -3.36. The Hall–Kier alpha value is -0.480. The van der Waals surface area contributed by atoms with Gasteiger partial charge in [0, 0.05) is 6.92 Å². The van der Waals surface area contributed by atoms with E-state index in [1.54, 1.807) is 16.4 Å². The Morgan fingerprint density at radius 1 is 1.43 bits per heavy atom. The number of nitrogens with zero attached hydrogens (tertiary/aromatic N) is 1. The lowest BCUT2D eigenvalue weighted by molar-refractivity contribution is -0.902. The quantitative estimate of drug-likeness (QED) is 0.706. The number of sulfonamides is 1. The van der Waals surface area contributed by atoms with Crippen molar-refractivity contribution in [2.24, 2.45) is 0 Å². The molecule has 1 aromatic rings. The maximum absolute atomic E-state index is 12.5. The SMILES string of the molecule is CC(=O)NCC[NH+]1CCN(S(=O)(=O)c2ccc(Br)s2)CC1. The molecule has 0 bridgehead atoms. The zero-order valence-electron chi connectivity index (χ0n) is 11.8. The predicted molar refractivity (Wildman–Crippen MR) is 85.0 cm³/mol. The number of thiophene rings is 1. The lowest BCUT2D eigenvalue weighted by Gasteiger charge is -2.31. The van der Waals surface area contributed by atoms with Gasteiger partial charge in [-0.3, -0.25) is 4.79 Å². The predicted octanol–water partition coefficient (Wildman–Crippen LogP) is -0.464. The van der Waals surface area contributed by atoms with Crippen LogP contribution in [-0.2, 0) is 14.8 Å². The molecule has 6 nitrogen and oxygen atoms in total. The van der Waals surface area contributed by atoms with Crippen molar-refractivity contribution < 1.29 is 18.1 Å². The lowest BCUT2D eigenvalue weighted by atomic mass is 10.3. The van der Waals surface area contributed by atoms with Crippen molar-refractivity contribution in [2.45, 2.75) is 11.1 Å². The van der Waals surface area contributed by atoms with Crippen molar-refractivity contribution in [3.05, 3.63) is 15.9 Å². The minimum Gasteiger partial charge on any atom is -0.351 e. The molecule has 0 aromatic carbocycles. The third-order valence-electron chi connectivity index (χ3n) is 3.42. The first-order chi connectivity index (χ1) is 9.89. The number of carbonyl (C=O) groups is 1. The molecule has 1 aliphatic heterocycles. The minimum atomic E-state index is -3.36. The van der Waals surface area contributed by atoms with E-state index in [0.717, 1.165) is 23.4 Å². The first kappa shape index (κ1) is 16.9. The van der Waals surface area contributed by atoms with Gasteiger partial charge < -0.3 is 10.2 Å². The van der Waals surface area contributed by atoms with Gasteiger partial charge in [-0.25, -0.2) is 8.42 Å². The topological polar surface area (TPSA) is 70.9 Å². The van der Waals surface area contributed by atoms with Crippen LogP contribution in [0.5, 0.6) is 0 Å². The Morgan fingerprint density at radius 2 is 2.10 bits per heavy atom. The fourth-order valence-corrected chi connectivity index (χ4v) is 5.88. The molecule has 2 rings (SSSR count). The number of hydrogen-bond donors (Lipinski definition) is 2. The Morgan fingerprint density at radius 3 is 2.62 bits per heavy atom. The minimum absolute atomic E-state index is 0.0288. The van der Waals surface area contributed by atoms with Crippen LogP contribution >= 0.6 is 27.3 Å². The summed E-state index contributed by atoms with van der Waals surface area (Å²) in [5.41, 5.74) is 0. The van der Waals surface area contributed by atoms with Crippen molar-refractivity contribution >= 4 is 43.2 Å². The summed E-state index contributed by atoms with van der Waals surface area (Å²) < 4.78 is 27.7. The largest absolute Gasteiger partial charge is 0.351 e. The molecule has 0 atom stereocenters. The second kappa shape index (κ2) is 7.19. The lowest BCUT2D eigenvalue weighted by Crippen LogP contribution is -3.15. The smallest absolute Gasteiger partial charge is 0.252 e. The van der Waals surface area contributed by atoms with Crippen LogP contribution in [0.4, 0.5) is 0 Å². The zero-order valence-corrected chi connectivity index (χ0v) is 15.0. The van der Waals surface area contributed by atoms with Crippen molar-refractivity contribution in [2.75, 3.05) is 39.3 Å². The van der Waals surface area contributed by atoms with Gasteiger partial charge in [-0.1, -0.05) is 0 Å². The zero-order chi connectivity index (χ0) is 15.5. The van der Waals surface area contributed by atoms with Gasteiger partial charge in [-0.05, 0) is 28.1 Å². The Balaban J connectivity index is 1.87. The summed E-state index contributed by atoms with van der Waals surface area (Å²) in [5.74, 6) is -0.0288. The second-order valence-electron chi connectivity index (χ2n) is 4.95. The number of rotatable bonds is 5. The van der Waals surface area contributed by atoms with Crippen molar-refractivity contribution in [1.29, 1.82) is 0 Å². The standard InChI is InChI=1S/C12H18BrN3O3S2/c1-10(17)14-4-5-15-6-8-16(9-7-15)21(18,19)12-3-2-11(13)20-12/h2-3H,4-9H2,1H3,(H,14,17)/p+1. The molecule has 9 heteroatoms. The van der Waals surface area contributed by atoms with E-state index in [4.69, 9.17) is 0 Å². The number of nitrogens with one attached hydrogen (secondary N) is 2. The fourth-order valence-electron chi connectivity index (χ4n) is 2.27. The molecule has 0 aliphatic carbocycles. The van der Waals surface area contributed by atoms with Gasteiger partial charge in [0.25, 0.3) is 10.0 Å². The average Bonchev–Trinajstić information content (AvgIpc) is 2.86. The highest BCUT2D eigenvalue weighted by atomic mass is 79.9. The molecule has 2 N–H and O–H groups in total. The van der Waals surface area contributed by atoms with E-state index in [-0.39, 0.29) is 5.91 Å². The Bertz CT molecular complexity index is 595. The van der Waals surface area contributed by atoms with E-state index in [9.17, 15) is 13.2 Å². The molecule has 2 heterocycles. The number of hydrogen-bond acceptors (Lipinski definition) is 4. The van der Waals surface area contributed by atoms with E-state index in [1.165, 1.54) is 23.2 Å². The summed E-state index contributed by atoms with van der Waals surface area (Å²) >= 11 is 4.53. The Kier molecular flexibility index (Phi) is 5.78. The van der Waals surface area contributed by atoms with Crippen LogP contribution in [-0.4, -0.2) is 57.9 Å². The first-order valence-corrected chi connectivity index (χ1v) is 9.78. The van der Waals surface area contributed by atoms with Crippen molar-refractivity contribution in [3.8, 4) is 0 Å². The van der Waals surface area contributed by atoms with Crippen LogP contribution in [0.25, 0.3) is 0 Å². The molecule has 0 radical (unpaired) electrons. The molecule has 1 aliphatic rings. The molecule has 0 unspecified atom stereocenters. The number of piperazine rings is 1. The van der Waals surface area contributed by atoms with E-state index in [1.807, 2.05) is 0 Å². The number of amides is 1. The highest BCUT2D eigenvalue weighted by Crippen LogP contribution is 2.28. The van der Waals surface area contributed by atoms with Gasteiger partial charge in [0.15, 0.2) is 0 Å². The first-order valence-electron chi connectivity index (χ1n) is 6.73. The van der Waals surface area contributed by atoms with Gasteiger partial charge >= 0.3 is 0 Å². The average molecular weight is 397 g/mol. The summed E-state index contributed by atoms with van der Waals surface area (Å²) in [6, 6.07) is 3.40. The normalized spacial score (nSPS) is 17.8. The molecule has 0 spiro atoms. The van der Waals surface area contributed by atoms with Crippen LogP contribution in [0.1, 0.15) is 6.92 Å².